The van der Waals surface area contributed by atoms with E-state index in [0.29, 0.717) is 0 Å². The fourth-order valence-corrected chi connectivity index (χ4v) is 5.07. The Bertz CT molecular complexity index is 1130. The molecule has 0 radical (unpaired) electrons. The average Bonchev–Trinajstić information content (AvgIpc) is 3.30. The molecule has 0 saturated heterocycles. The molecule has 0 fully saturated rings. The van der Waals surface area contributed by atoms with Gasteiger partial charge in [-0.1, -0.05) is 42.0 Å². The maximum Gasteiger partial charge on any atom is 0.241 e. The highest BCUT2D eigenvalue weighted by atomic mass is 32.2. The monoisotopic (exact) mass is 382 g/mol. The molecular formula is C20H18N2O2S2. The lowest BCUT2D eigenvalue weighted by Crippen LogP contribution is -2.28. The number of hydrogen-bond donors (Lipinski definition) is 2. The summed E-state index contributed by atoms with van der Waals surface area (Å²) in [4.78, 5) is 4.45. The van der Waals surface area contributed by atoms with Crippen LogP contribution in [0, 0.1) is 6.92 Å². The minimum atomic E-state index is -3.65. The minimum absolute atomic E-state index is 0.268. The van der Waals surface area contributed by atoms with Crippen LogP contribution in [0.5, 0.6) is 0 Å². The molecular weight excluding hydrogens is 364 g/mol. The van der Waals surface area contributed by atoms with Gasteiger partial charge < -0.3 is 4.98 Å². The second-order valence-corrected chi connectivity index (χ2v) is 8.87. The van der Waals surface area contributed by atoms with Crippen LogP contribution in [0.25, 0.3) is 10.9 Å². The molecule has 0 aliphatic rings. The van der Waals surface area contributed by atoms with E-state index in [0.717, 1.165) is 26.9 Å². The highest BCUT2D eigenvalue weighted by Gasteiger charge is 2.25. The number of rotatable bonds is 5. The van der Waals surface area contributed by atoms with Crippen molar-refractivity contribution in [3.8, 4) is 0 Å². The minimum Gasteiger partial charge on any atom is -0.361 e. The number of aromatic amines is 1. The maximum atomic E-state index is 13.0. The molecule has 2 aromatic heterocycles. The van der Waals surface area contributed by atoms with Gasteiger partial charge in [0.2, 0.25) is 10.0 Å². The van der Waals surface area contributed by atoms with Gasteiger partial charge in [0.25, 0.3) is 0 Å². The van der Waals surface area contributed by atoms with Gasteiger partial charge in [0.1, 0.15) is 0 Å². The molecule has 6 heteroatoms. The van der Waals surface area contributed by atoms with Crippen molar-refractivity contribution in [1.82, 2.24) is 9.71 Å². The van der Waals surface area contributed by atoms with Gasteiger partial charge in [-0.3, -0.25) is 0 Å². The van der Waals surface area contributed by atoms with Crippen LogP contribution in [0.3, 0.4) is 0 Å². The van der Waals surface area contributed by atoms with Gasteiger partial charge in [0.15, 0.2) is 0 Å². The third kappa shape index (κ3) is 3.19. The van der Waals surface area contributed by atoms with Crippen molar-refractivity contribution in [1.29, 1.82) is 0 Å². The van der Waals surface area contributed by atoms with Gasteiger partial charge >= 0.3 is 0 Å². The van der Waals surface area contributed by atoms with E-state index in [-0.39, 0.29) is 4.90 Å². The predicted molar refractivity (Wildman–Crippen MR) is 106 cm³/mol. The molecule has 0 bridgehead atoms. The van der Waals surface area contributed by atoms with Crippen LogP contribution in [0.2, 0.25) is 0 Å². The largest absolute Gasteiger partial charge is 0.361 e. The average molecular weight is 383 g/mol. The molecule has 4 nitrogen and oxygen atoms in total. The number of aromatic nitrogens is 1. The summed E-state index contributed by atoms with van der Waals surface area (Å²) in [5.74, 6) is 0. The first-order valence-corrected chi connectivity index (χ1v) is 10.6. The van der Waals surface area contributed by atoms with Gasteiger partial charge in [-0.25, -0.2) is 8.42 Å². The Morgan fingerprint density at radius 2 is 1.77 bits per heavy atom. The van der Waals surface area contributed by atoms with Crippen molar-refractivity contribution in [3.05, 3.63) is 88.2 Å². The molecule has 0 spiro atoms. The van der Waals surface area contributed by atoms with Crippen LogP contribution in [0.4, 0.5) is 0 Å². The van der Waals surface area contributed by atoms with Crippen molar-refractivity contribution >= 4 is 32.3 Å². The van der Waals surface area contributed by atoms with Crippen LogP contribution in [0.1, 0.15) is 22.0 Å². The Labute approximate surface area is 156 Å². The second-order valence-electron chi connectivity index (χ2n) is 6.17. The fourth-order valence-electron chi connectivity index (χ4n) is 3.00. The van der Waals surface area contributed by atoms with Crippen molar-refractivity contribution in [3.63, 3.8) is 0 Å². The molecule has 2 N–H and O–H groups in total. The molecule has 2 aromatic carbocycles. The Balaban J connectivity index is 1.79. The van der Waals surface area contributed by atoms with E-state index in [4.69, 9.17) is 0 Å². The summed E-state index contributed by atoms with van der Waals surface area (Å²) in [6.45, 7) is 1.93. The second kappa shape index (κ2) is 6.72. The molecule has 4 aromatic rings. The zero-order valence-corrected chi connectivity index (χ0v) is 15.8. The molecule has 26 heavy (non-hydrogen) atoms. The van der Waals surface area contributed by atoms with Gasteiger partial charge in [-0.15, -0.1) is 11.3 Å². The molecule has 4 rings (SSSR count). The first-order valence-electron chi connectivity index (χ1n) is 8.23. The zero-order valence-electron chi connectivity index (χ0n) is 14.1. The molecule has 0 saturated carbocycles. The molecule has 1 atom stereocenters. The van der Waals surface area contributed by atoms with Gasteiger partial charge in [0, 0.05) is 27.5 Å². The van der Waals surface area contributed by atoms with Crippen LogP contribution >= 0.6 is 11.3 Å². The fraction of sp³-hybridized carbons (Fsp3) is 0.100. The summed E-state index contributed by atoms with van der Waals surface area (Å²) < 4.78 is 28.8. The predicted octanol–water partition coefficient (Wildman–Crippen LogP) is 4.61. The summed E-state index contributed by atoms with van der Waals surface area (Å²) in [5, 5.41) is 2.97. The number of sulfonamides is 1. The molecule has 0 aliphatic carbocycles. The first kappa shape index (κ1) is 17.0. The van der Waals surface area contributed by atoms with Crippen molar-refractivity contribution in [2.75, 3.05) is 0 Å². The Kier molecular flexibility index (Phi) is 4.40. The number of thiophene rings is 1. The molecule has 0 amide bonds. The maximum absolute atomic E-state index is 13.0. The van der Waals surface area contributed by atoms with Gasteiger partial charge in [-0.2, -0.15) is 4.72 Å². The molecule has 132 valence electrons. The third-order valence-electron chi connectivity index (χ3n) is 4.36. The van der Waals surface area contributed by atoms with E-state index in [1.807, 2.05) is 54.9 Å². The summed E-state index contributed by atoms with van der Waals surface area (Å²) >= 11 is 1.54. The lowest BCUT2D eigenvalue weighted by atomic mass is 10.1. The highest BCUT2D eigenvalue weighted by molar-refractivity contribution is 7.89. The Hall–Kier alpha value is -2.41. The van der Waals surface area contributed by atoms with E-state index < -0.39 is 16.1 Å². The van der Waals surface area contributed by atoms with Crippen LogP contribution < -0.4 is 4.72 Å². The van der Waals surface area contributed by atoms with Crippen LogP contribution in [-0.2, 0) is 10.0 Å². The number of hydrogen-bond acceptors (Lipinski definition) is 3. The summed E-state index contributed by atoms with van der Waals surface area (Å²) in [7, 11) is -3.65. The van der Waals surface area contributed by atoms with E-state index >= 15 is 0 Å². The van der Waals surface area contributed by atoms with Gasteiger partial charge in [0.05, 0.1) is 10.9 Å². The number of benzene rings is 2. The van der Waals surface area contributed by atoms with E-state index in [1.165, 1.54) is 11.3 Å². The number of H-pyrrole nitrogens is 1. The first-order chi connectivity index (χ1) is 12.5. The number of fused-ring (bicyclic) bond motifs is 1. The lowest BCUT2D eigenvalue weighted by molar-refractivity contribution is 0.573. The van der Waals surface area contributed by atoms with E-state index in [9.17, 15) is 8.42 Å². The van der Waals surface area contributed by atoms with Crippen molar-refractivity contribution in [2.45, 2.75) is 17.9 Å². The van der Waals surface area contributed by atoms with E-state index in [1.54, 1.807) is 24.3 Å². The topological polar surface area (TPSA) is 62.0 Å². The van der Waals surface area contributed by atoms with Crippen LogP contribution in [-0.4, -0.2) is 13.4 Å². The lowest BCUT2D eigenvalue weighted by Gasteiger charge is -2.17. The zero-order chi connectivity index (χ0) is 18.1. The van der Waals surface area contributed by atoms with Crippen molar-refractivity contribution in [2.24, 2.45) is 0 Å². The van der Waals surface area contributed by atoms with E-state index in [2.05, 4.69) is 9.71 Å². The smallest absolute Gasteiger partial charge is 0.241 e. The number of aryl methyl sites for hydroxylation is 1. The SMILES string of the molecule is Cc1ccc(S(=O)(=O)NC(c2cccs2)c2c[nH]c3ccccc23)cc1. The summed E-state index contributed by atoms with van der Waals surface area (Å²) in [6, 6.07) is 18.2. The molecule has 2 heterocycles. The highest BCUT2D eigenvalue weighted by Crippen LogP contribution is 2.32. The summed E-state index contributed by atoms with van der Waals surface area (Å²) in [5.41, 5.74) is 2.92. The Morgan fingerprint density at radius 3 is 2.50 bits per heavy atom. The van der Waals surface area contributed by atoms with Gasteiger partial charge in [-0.05, 0) is 36.6 Å². The number of para-hydroxylation sites is 1. The van der Waals surface area contributed by atoms with Crippen molar-refractivity contribution < 1.29 is 8.42 Å². The normalized spacial score (nSPS) is 13.1. The van der Waals surface area contributed by atoms with Crippen LogP contribution in [0.15, 0.2) is 77.1 Å². The molecule has 0 aliphatic heterocycles. The number of nitrogens with one attached hydrogen (secondary N) is 2. The standard InChI is InChI=1S/C20H18N2O2S2/c1-14-8-10-15(11-9-14)26(23,24)22-20(19-7-4-12-25-19)17-13-21-18-6-3-2-5-16(17)18/h2-13,20-22H,1H3. The third-order valence-corrected chi connectivity index (χ3v) is 6.74. The molecule has 1 unspecified atom stereocenters. The Morgan fingerprint density at radius 1 is 1.00 bits per heavy atom. The summed E-state index contributed by atoms with van der Waals surface area (Å²) in [6.07, 6.45) is 1.88. The quantitative estimate of drug-likeness (QED) is 0.530.